The van der Waals surface area contributed by atoms with Crippen LogP contribution in [-0.4, -0.2) is 32.5 Å². The smallest absolute Gasteiger partial charge is 0.119 e. The van der Waals surface area contributed by atoms with Crippen molar-refractivity contribution in [1.29, 1.82) is 0 Å². The lowest BCUT2D eigenvalue weighted by atomic mass is 9.84. The molecule has 0 N–H and O–H groups in total. The van der Waals surface area contributed by atoms with Crippen LogP contribution in [0.15, 0.2) is 30.8 Å². The SMILES string of the molecule is C=Cc1ccc(OCCCC(C)OCC2(CC)COC2)cc1. The lowest BCUT2D eigenvalue weighted by molar-refractivity contribution is -0.159. The van der Waals surface area contributed by atoms with Gasteiger partial charge in [-0.1, -0.05) is 31.7 Å². The zero-order chi connectivity index (χ0) is 15.8. The first-order valence-corrected chi connectivity index (χ1v) is 8.22. The average Bonchev–Trinajstić information content (AvgIpc) is 2.51. The molecule has 1 unspecified atom stereocenters. The van der Waals surface area contributed by atoms with Crippen LogP contribution in [0.5, 0.6) is 5.75 Å². The van der Waals surface area contributed by atoms with Crippen molar-refractivity contribution in [3.8, 4) is 5.75 Å². The van der Waals surface area contributed by atoms with E-state index >= 15 is 0 Å². The minimum absolute atomic E-state index is 0.274. The number of rotatable bonds is 10. The molecule has 1 fully saturated rings. The third kappa shape index (κ3) is 4.85. The van der Waals surface area contributed by atoms with E-state index in [1.54, 1.807) is 0 Å². The second-order valence-electron chi connectivity index (χ2n) is 6.23. The summed E-state index contributed by atoms with van der Waals surface area (Å²) in [4.78, 5) is 0. The van der Waals surface area contributed by atoms with Crippen molar-refractivity contribution in [3.05, 3.63) is 36.4 Å². The fourth-order valence-corrected chi connectivity index (χ4v) is 2.44. The van der Waals surface area contributed by atoms with Crippen molar-refractivity contribution in [3.63, 3.8) is 0 Å². The maximum atomic E-state index is 5.98. The molecule has 0 aliphatic carbocycles. The molecule has 1 saturated heterocycles. The Morgan fingerprint density at radius 1 is 1.32 bits per heavy atom. The highest BCUT2D eigenvalue weighted by Gasteiger charge is 2.37. The molecule has 22 heavy (non-hydrogen) atoms. The van der Waals surface area contributed by atoms with Crippen molar-refractivity contribution in [2.75, 3.05) is 26.4 Å². The summed E-state index contributed by atoms with van der Waals surface area (Å²) in [7, 11) is 0. The van der Waals surface area contributed by atoms with E-state index in [1.807, 2.05) is 30.3 Å². The first-order chi connectivity index (χ1) is 10.7. The van der Waals surface area contributed by atoms with Crippen LogP contribution in [0.3, 0.4) is 0 Å². The van der Waals surface area contributed by atoms with Gasteiger partial charge >= 0.3 is 0 Å². The zero-order valence-electron chi connectivity index (χ0n) is 13.8. The average molecular weight is 304 g/mol. The molecule has 0 radical (unpaired) electrons. The molecule has 2 rings (SSSR count). The van der Waals surface area contributed by atoms with E-state index in [1.165, 1.54) is 0 Å². The maximum absolute atomic E-state index is 5.98. The number of ether oxygens (including phenoxy) is 3. The number of benzene rings is 1. The first kappa shape index (κ1) is 17.0. The fraction of sp³-hybridized carbons (Fsp3) is 0.579. The first-order valence-electron chi connectivity index (χ1n) is 8.22. The van der Waals surface area contributed by atoms with Crippen LogP contribution in [0, 0.1) is 5.41 Å². The molecule has 1 aromatic carbocycles. The van der Waals surface area contributed by atoms with Crippen molar-refractivity contribution >= 4 is 6.08 Å². The predicted octanol–water partition coefficient (Wildman–Crippen LogP) is 4.32. The van der Waals surface area contributed by atoms with E-state index in [0.29, 0.717) is 0 Å². The predicted molar refractivity (Wildman–Crippen MR) is 90.2 cm³/mol. The van der Waals surface area contributed by atoms with Crippen LogP contribution in [0.2, 0.25) is 0 Å². The molecule has 3 nitrogen and oxygen atoms in total. The highest BCUT2D eigenvalue weighted by Crippen LogP contribution is 2.31. The van der Waals surface area contributed by atoms with E-state index in [-0.39, 0.29) is 11.5 Å². The van der Waals surface area contributed by atoms with Crippen LogP contribution >= 0.6 is 0 Å². The molecule has 1 atom stereocenters. The fourth-order valence-electron chi connectivity index (χ4n) is 2.44. The van der Waals surface area contributed by atoms with Gasteiger partial charge in [-0.2, -0.15) is 0 Å². The second-order valence-corrected chi connectivity index (χ2v) is 6.23. The van der Waals surface area contributed by atoms with Crippen LogP contribution in [0.25, 0.3) is 6.08 Å². The van der Waals surface area contributed by atoms with E-state index in [0.717, 1.165) is 57.0 Å². The van der Waals surface area contributed by atoms with Gasteiger partial charge in [0.2, 0.25) is 0 Å². The Balaban J connectivity index is 1.58. The highest BCUT2D eigenvalue weighted by molar-refractivity contribution is 5.48. The molecular weight excluding hydrogens is 276 g/mol. The number of hydrogen-bond acceptors (Lipinski definition) is 3. The highest BCUT2D eigenvalue weighted by atomic mass is 16.5. The van der Waals surface area contributed by atoms with Crippen molar-refractivity contribution < 1.29 is 14.2 Å². The van der Waals surface area contributed by atoms with Gasteiger partial charge in [-0.05, 0) is 43.9 Å². The summed E-state index contributed by atoms with van der Waals surface area (Å²) >= 11 is 0. The van der Waals surface area contributed by atoms with Gasteiger partial charge in [0.25, 0.3) is 0 Å². The Morgan fingerprint density at radius 3 is 2.59 bits per heavy atom. The van der Waals surface area contributed by atoms with Gasteiger partial charge in [-0.15, -0.1) is 0 Å². The van der Waals surface area contributed by atoms with Crippen molar-refractivity contribution in [1.82, 2.24) is 0 Å². The minimum Gasteiger partial charge on any atom is -0.494 e. The Morgan fingerprint density at radius 2 is 2.05 bits per heavy atom. The van der Waals surface area contributed by atoms with E-state index < -0.39 is 0 Å². The standard InChI is InChI=1S/C19H28O3/c1-4-17-8-10-18(11-9-17)21-12-6-7-16(3)22-15-19(5-2)13-20-14-19/h4,8-11,16H,1,5-7,12-15H2,2-3H3. The zero-order valence-corrected chi connectivity index (χ0v) is 13.8. The van der Waals surface area contributed by atoms with Gasteiger partial charge in [-0.3, -0.25) is 0 Å². The minimum atomic E-state index is 0.274. The number of hydrogen-bond donors (Lipinski definition) is 0. The van der Waals surface area contributed by atoms with E-state index in [4.69, 9.17) is 14.2 Å². The lowest BCUT2D eigenvalue weighted by Gasteiger charge is -2.41. The van der Waals surface area contributed by atoms with Crippen LogP contribution in [-0.2, 0) is 9.47 Å². The van der Waals surface area contributed by atoms with E-state index in [9.17, 15) is 0 Å². The molecule has 0 spiro atoms. The van der Waals surface area contributed by atoms with Crippen molar-refractivity contribution in [2.24, 2.45) is 5.41 Å². The Labute approximate surface area is 134 Å². The molecule has 1 aliphatic rings. The summed E-state index contributed by atoms with van der Waals surface area (Å²) in [6.45, 7) is 11.3. The molecule has 1 aromatic rings. The summed E-state index contributed by atoms with van der Waals surface area (Å²) < 4.78 is 17.0. The van der Waals surface area contributed by atoms with Crippen molar-refractivity contribution in [2.45, 2.75) is 39.2 Å². The molecule has 0 aromatic heterocycles. The molecule has 0 bridgehead atoms. The third-order valence-corrected chi connectivity index (χ3v) is 4.38. The van der Waals surface area contributed by atoms with Gasteiger partial charge in [0, 0.05) is 5.41 Å². The summed E-state index contributed by atoms with van der Waals surface area (Å²) in [5.74, 6) is 0.913. The quantitative estimate of drug-likeness (QED) is 0.602. The summed E-state index contributed by atoms with van der Waals surface area (Å²) in [5, 5.41) is 0. The molecule has 122 valence electrons. The van der Waals surface area contributed by atoms with Gasteiger partial charge in [0.1, 0.15) is 5.75 Å². The summed E-state index contributed by atoms with van der Waals surface area (Å²) in [5.41, 5.74) is 1.39. The molecular formula is C19H28O3. The van der Waals surface area contributed by atoms with Crippen LogP contribution in [0.4, 0.5) is 0 Å². The van der Waals surface area contributed by atoms with Gasteiger partial charge in [0.15, 0.2) is 0 Å². The topological polar surface area (TPSA) is 27.7 Å². The molecule has 1 heterocycles. The normalized spacial score (nSPS) is 17.5. The monoisotopic (exact) mass is 304 g/mol. The Bertz CT molecular complexity index is 443. The van der Waals surface area contributed by atoms with Gasteiger partial charge in [-0.25, -0.2) is 0 Å². The summed E-state index contributed by atoms with van der Waals surface area (Å²) in [6, 6.07) is 8.00. The van der Waals surface area contributed by atoms with Gasteiger partial charge < -0.3 is 14.2 Å². The molecule has 0 amide bonds. The third-order valence-electron chi connectivity index (χ3n) is 4.38. The lowest BCUT2D eigenvalue weighted by Crippen LogP contribution is -2.46. The molecule has 0 saturated carbocycles. The molecule has 1 aliphatic heterocycles. The second kappa shape index (κ2) is 8.35. The van der Waals surface area contributed by atoms with Gasteiger partial charge in [0.05, 0.1) is 32.5 Å². The molecule has 3 heteroatoms. The van der Waals surface area contributed by atoms with E-state index in [2.05, 4.69) is 20.4 Å². The summed E-state index contributed by atoms with van der Waals surface area (Å²) in [6.07, 6.45) is 5.25. The largest absolute Gasteiger partial charge is 0.494 e. The Kier molecular flexibility index (Phi) is 6.47. The Hall–Kier alpha value is -1.32. The van der Waals surface area contributed by atoms with Crippen LogP contribution < -0.4 is 4.74 Å². The maximum Gasteiger partial charge on any atom is 0.119 e. The van der Waals surface area contributed by atoms with Crippen LogP contribution in [0.1, 0.15) is 38.7 Å².